The van der Waals surface area contributed by atoms with Crippen molar-refractivity contribution >= 4 is 12.4 Å². The van der Waals surface area contributed by atoms with Crippen LogP contribution in [0.4, 0.5) is 0 Å². The van der Waals surface area contributed by atoms with Gasteiger partial charge in [-0.1, -0.05) is 30.4 Å². The largest absolute Gasteiger partial charge is 0.463 e. The zero-order chi connectivity index (χ0) is 14.7. The molecule has 0 atom stereocenters. The maximum absolute atomic E-state index is 10.8. The van der Waals surface area contributed by atoms with E-state index in [9.17, 15) is 9.59 Å². The Bertz CT molecular complexity index is 414. The number of hydrogen-bond donors (Lipinski definition) is 0. The number of carbonyl (C=O) groups is 2. The van der Waals surface area contributed by atoms with Crippen molar-refractivity contribution in [3.8, 4) is 0 Å². The molecule has 0 N–H and O–H groups in total. The second kappa shape index (κ2) is 9.88. The summed E-state index contributed by atoms with van der Waals surface area (Å²) >= 11 is 0. The third-order valence-corrected chi connectivity index (χ3v) is 2.06. The Labute approximate surface area is 114 Å². The Hall–Kier alpha value is -2.10. The lowest BCUT2D eigenvalue weighted by atomic mass is 10.1. The molecule has 0 aliphatic heterocycles. The van der Waals surface area contributed by atoms with E-state index in [1.807, 2.05) is 38.2 Å². The lowest BCUT2D eigenvalue weighted by Gasteiger charge is -2.07. The predicted octanol–water partition coefficient (Wildman–Crippen LogP) is 2.73. The van der Waals surface area contributed by atoms with Gasteiger partial charge in [-0.2, -0.15) is 0 Å². The van der Waals surface area contributed by atoms with Gasteiger partial charge >= 0.3 is 5.97 Å². The highest BCUT2D eigenvalue weighted by Gasteiger charge is 2.02. The zero-order valence-corrected chi connectivity index (χ0v) is 11.6. The lowest BCUT2D eigenvalue weighted by molar-refractivity contribution is -0.140. The molecular weight excluding hydrogens is 244 g/mol. The molecule has 0 aromatic carbocycles. The Morgan fingerprint density at radius 2 is 1.89 bits per heavy atom. The number of allylic oxidation sites excluding steroid dienone is 6. The molecule has 0 radical (unpaired) electrons. The van der Waals surface area contributed by atoms with E-state index in [0.29, 0.717) is 12.0 Å². The minimum Gasteiger partial charge on any atom is -0.463 e. The Morgan fingerprint density at radius 1 is 1.21 bits per heavy atom. The topological polar surface area (TPSA) is 52.6 Å². The van der Waals surface area contributed by atoms with Gasteiger partial charge in [0.15, 0.2) is 0 Å². The van der Waals surface area contributed by atoms with Crippen LogP contribution in [0.3, 0.4) is 0 Å². The first-order valence-corrected chi connectivity index (χ1v) is 5.87. The Morgan fingerprint density at radius 3 is 2.37 bits per heavy atom. The lowest BCUT2D eigenvalue weighted by Crippen LogP contribution is -2.08. The molecule has 19 heavy (non-hydrogen) atoms. The minimum atomic E-state index is -0.378. The van der Waals surface area contributed by atoms with Crippen LogP contribution in [0.15, 0.2) is 47.6 Å². The second-order valence-electron chi connectivity index (χ2n) is 3.96. The molecule has 0 aliphatic carbocycles. The molecule has 0 aromatic heterocycles. The summed E-state index contributed by atoms with van der Waals surface area (Å²) < 4.78 is 9.59. The smallest absolute Gasteiger partial charge is 0.302 e. The van der Waals surface area contributed by atoms with Crippen LogP contribution in [0.1, 0.15) is 20.8 Å². The Balaban J connectivity index is 4.86. The van der Waals surface area contributed by atoms with Gasteiger partial charge in [-0.15, -0.1) is 0 Å². The van der Waals surface area contributed by atoms with E-state index in [1.165, 1.54) is 6.92 Å². The highest BCUT2D eigenvalue weighted by molar-refractivity contribution is 5.66. The molecule has 0 rings (SSSR count). The van der Waals surface area contributed by atoms with Crippen molar-refractivity contribution in [1.29, 1.82) is 0 Å². The standard InChI is InChI=1S/C15H20O4/c1-5-14(7-6-12(2)3)8-15(9-18-11-16)10-19-13(4)17/h5-8,11H,2,9-10H2,1,3-4H3/b7-6-,14-5?,15-8+. The van der Waals surface area contributed by atoms with Gasteiger partial charge in [0.2, 0.25) is 0 Å². The van der Waals surface area contributed by atoms with Gasteiger partial charge in [0.05, 0.1) is 0 Å². The summed E-state index contributed by atoms with van der Waals surface area (Å²) in [4.78, 5) is 21.0. The maximum atomic E-state index is 10.8. The molecule has 0 saturated heterocycles. The van der Waals surface area contributed by atoms with Gasteiger partial charge in [0, 0.05) is 12.5 Å². The predicted molar refractivity (Wildman–Crippen MR) is 74.4 cm³/mol. The van der Waals surface area contributed by atoms with Gasteiger partial charge in [0.25, 0.3) is 6.47 Å². The highest BCUT2D eigenvalue weighted by atomic mass is 16.5. The van der Waals surface area contributed by atoms with Crippen molar-refractivity contribution < 1.29 is 19.1 Å². The molecule has 0 aliphatic rings. The van der Waals surface area contributed by atoms with Crippen LogP contribution >= 0.6 is 0 Å². The summed E-state index contributed by atoms with van der Waals surface area (Å²) in [5.41, 5.74) is 2.54. The summed E-state index contributed by atoms with van der Waals surface area (Å²) in [6.07, 6.45) is 7.47. The first-order chi connectivity index (χ1) is 8.99. The van der Waals surface area contributed by atoms with E-state index in [2.05, 4.69) is 11.3 Å². The quantitative estimate of drug-likeness (QED) is 0.384. The summed E-state index contributed by atoms with van der Waals surface area (Å²) in [6.45, 7) is 9.44. The molecular formula is C15H20O4. The highest BCUT2D eigenvalue weighted by Crippen LogP contribution is 2.08. The van der Waals surface area contributed by atoms with Gasteiger partial charge in [0.1, 0.15) is 13.2 Å². The van der Waals surface area contributed by atoms with E-state index < -0.39 is 0 Å². The van der Waals surface area contributed by atoms with Crippen LogP contribution in [0.25, 0.3) is 0 Å². The van der Waals surface area contributed by atoms with Crippen molar-refractivity contribution in [1.82, 2.24) is 0 Å². The van der Waals surface area contributed by atoms with Crippen molar-refractivity contribution in [2.24, 2.45) is 0 Å². The molecule has 0 unspecified atom stereocenters. The molecule has 0 bridgehead atoms. The summed E-state index contributed by atoms with van der Waals surface area (Å²) in [7, 11) is 0. The molecule has 0 amide bonds. The summed E-state index contributed by atoms with van der Waals surface area (Å²) in [5.74, 6) is -0.378. The van der Waals surface area contributed by atoms with Crippen molar-refractivity contribution in [2.75, 3.05) is 13.2 Å². The number of rotatable bonds is 8. The summed E-state index contributed by atoms with van der Waals surface area (Å²) in [5, 5.41) is 0. The van der Waals surface area contributed by atoms with Crippen molar-refractivity contribution in [3.05, 3.63) is 47.6 Å². The molecule has 0 saturated carbocycles. The maximum Gasteiger partial charge on any atom is 0.302 e. The SMILES string of the molecule is C=C(C)/C=C\C(=CC)/C=C(\COC=O)COC(C)=O. The fourth-order valence-electron chi connectivity index (χ4n) is 1.16. The Kier molecular flexibility index (Phi) is 8.79. The first kappa shape index (κ1) is 16.9. The van der Waals surface area contributed by atoms with Gasteiger partial charge in [-0.3, -0.25) is 9.59 Å². The average molecular weight is 264 g/mol. The average Bonchev–Trinajstić information content (AvgIpc) is 2.36. The third-order valence-electron chi connectivity index (χ3n) is 2.06. The van der Waals surface area contributed by atoms with Crippen LogP contribution < -0.4 is 0 Å². The number of ether oxygens (including phenoxy) is 2. The van der Waals surface area contributed by atoms with Crippen LogP contribution in [0.5, 0.6) is 0 Å². The van der Waals surface area contributed by atoms with Crippen LogP contribution in [-0.4, -0.2) is 25.7 Å². The third kappa shape index (κ3) is 9.59. The molecule has 0 heterocycles. The monoisotopic (exact) mass is 264 g/mol. The van der Waals surface area contributed by atoms with E-state index in [4.69, 9.17) is 4.74 Å². The fraction of sp³-hybridized carbons (Fsp3) is 0.333. The fourth-order valence-corrected chi connectivity index (χ4v) is 1.16. The number of esters is 1. The van der Waals surface area contributed by atoms with E-state index in [0.717, 1.165) is 11.1 Å². The van der Waals surface area contributed by atoms with Crippen LogP contribution in [-0.2, 0) is 19.1 Å². The van der Waals surface area contributed by atoms with E-state index >= 15 is 0 Å². The molecule has 4 heteroatoms. The van der Waals surface area contributed by atoms with E-state index in [1.54, 1.807) is 0 Å². The second-order valence-corrected chi connectivity index (χ2v) is 3.96. The van der Waals surface area contributed by atoms with Gasteiger partial charge in [-0.05, 0) is 25.5 Å². The van der Waals surface area contributed by atoms with Crippen LogP contribution in [0, 0.1) is 0 Å². The van der Waals surface area contributed by atoms with E-state index in [-0.39, 0.29) is 19.2 Å². The number of carbonyl (C=O) groups excluding carboxylic acids is 2. The normalized spacial score (nSPS) is 12.4. The van der Waals surface area contributed by atoms with Crippen molar-refractivity contribution in [3.63, 3.8) is 0 Å². The first-order valence-electron chi connectivity index (χ1n) is 5.87. The molecule has 104 valence electrons. The van der Waals surface area contributed by atoms with Gasteiger partial charge in [-0.25, -0.2) is 0 Å². The molecule has 0 spiro atoms. The molecule has 0 aromatic rings. The van der Waals surface area contributed by atoms with Gasteiger partial charge < -0.3 is 9.47 Å². The summed E-state index contributed by atoms with van der Waals surface area (Å²) in [6, 6.07) is 0. The van der Waals surface area contributed by atoms with Crippen molar-refractivity contribution in [2.45, 2.75) is 20.8 Å². The number of hydrogen-bond acceptors (Lipinski definition) is 4. The molecule has 4 nitrogen and oxygen atoms in total. The minimum absolute atomic E-state index is 0.0923. The van der Waals surface area contributed by atoms with Crippen LogP contribution in [0.2, 0.25) is 0 Å². The molecule has 0 fully saturated rings. The zero-order valence-electron chi connectivity index (χ0n) is 11.6.